The van der Waals surface area contributed by atoms with Crippen molar-refractivity contribution in [1.82, 2.24) is 0 Å². The van der Waals surface area contributed by atoms with Crippen LogP contribution in [-0.2, 0) is 4.74 Å². The van der Waals surface area contributed by atoms with E-state index in [0.717, 1.165) is 19.4 Å². The topological polar surface area (TPSA) is 75.8 Å². The second-order valence-corrected chi connectivity index (χ2v) is 5.20. The summed E-state index contributed by atoms with van der Waals surface area (Å²) in [4.78, 5) is 12.6. The number of nitrogens with zero attached hydrogens (tertiary/aromatic N) is 2. The van der Waals surface area contributed by atoms with Gasteiger partial charge in [0.05, 0.1) is 17.1 Å². The van der Waals surface area contributed by atoms with Gasteiger partial charge >= 0.3 is 0 Å². The molecular formula is C14H20N2O4. The minimum absolute atomic E-state index is 0.0175. The van der Waals surface area contributed by atoms with Crippen LogP contribution in [0.25, 0.3) is 0 Å². The maximum absolute atomic E-state index is 11.2. The first kappa shape index (κ1) is 14.7. The van der Waals surface area contributed by atoms with Crippen molar-refractivity contribution in [3.63, 3.8) is 0 Å². The molecule has 6 nitrogen and oxygen atoms in total. The van der Waals surface area contributed by atoms with Crippen LogP contribution < -0.4 is 4.90 Å². The maximum Gasteiger partial charge on any atom is 0.292 e. The van der Waals surface area contributed by atoms with Crippen LogP contribution >= 0.6 is 0 Å². The van der Waals surface area contributed by atoms with Crippen molar-refractivity contribution < 1.29 is 14.8 Å². The van der Waals surface area contributed by atoms with Crippen LogP contribution in [0, 0.1) is 10.1 Å². The molecule has 0 radical (unpaired) electrons. The Morgan fingerprint density at radius 3 is 2.90 bits per heavy atom. The molecular weight excluding hydrogens is 260 g/mol. The van der Waals surface area contributed by atoms with Crippen LogP contribution in [0.3, 0.4) is 0 Å². The van der Waals surface area contributed by atoms with E-state index in [-0.39, 0.29) is 11.8 Å². The van der Waals surface area contributed by atoms with E-state index < -0.39 is 11.0 Å². The van der Waals surface area contributed by atoms with Crippen LogP contribution in [0.15, 0.2) is 18.2 Å². The number of anilines is 1. The number of benzene rings is 1. The molecule has 1 N–H and O–H groups in total. The number of hydrogen-bond acceptors (Lipinski definition) is 5. The van der Waals surface area contributed by atoms with Crippen LogP contribution in [0.1, 0.15) is 31.4 Å². The molecule has 1 aliphatic heterocycles. The summed E-state index contributed by atoms with van der Waals surface area (Å²) >= 11 is 0. The Labute approximate surface area is 118 Å². The van der Waals surface area contributed by atoms with Crippen molar-refractivity contribution in [2.75, 3.05) is 25.1 Å². The molecule has 0 spiro atoms. The Kier molecular flexibility index (Phi) is 4.57. The lowest BCUT2D eigenvalue weighted by atomic mass is 10.1. The Bertz CT molecular complexity index is 484. The average molecular weight is 280 g/mol. The third-order valence-electron chi connectivity index (χ3n) is 3.59. The summed E-state index contributed by atoms with van der Waals surface area (Å²) in [6.45, 7) is 2.99. The van der Waals surface area contributed by atoms with Gasteiger partial charge in [0, 0.05) is 26.3 Å². The molecule has 2 rings (SSSR count). The molecule has 0 saturated carbocycles. The van der Waals surface area contributed by atoms with E-state index in [1.54, 1.807) is 19.1 Å². The SMILES string of the molecule is C[C@@H](O)c1ccc(N(C)CC2CCCO2)c([N+](=O)[O-])c1. The smallest absolute Gasteiger partial charge is 0.292 e. The Hall–Kier alpha value is -1.66. The first-order chi connectivity index (χ1) is 9.49. The number of ether oxygens (including phenoxy) is 1. The van der Waals surface area contributed by atoms with Crippen LogP contribution in [-0.4, -0.2) is 36.3 Å². The van der Waals surface area contributed by atoms with Gasteiger partial charge in [-0.25, -0.2) is 0 Å². The van der Waals surface area contributed by atoms with Gasteiger partial charge < -0.3 is 14.7 Å². The number of hydrogen-bond donors (Lipinski definition) is 1. The van der Waals surface area contributed by atoms with Gasteiger partial charge in [-0.1, -0.05) is 6.07 Å². The predicted molar refractivity (Wildman–Crippen MR) is 76.0 cm³/mol. The van der Waals surface area contributed by atoms with Crippen molar-refractivity contribution in [3.05, 3.63) is 33.9 Å². The Morgan fingerprint density at radius 2 is 2.35 bits per heavy atom. The number of aliphatic hydroxyl groups excluding tert-OH is 1. The van der Waals surface area contributed by atoms with Gasteiger partial charge in [-0.2, -0.15) is 0 Å². The highest BCUT2D eigenvalue weighted by molar-refractivity contribution is 5.64. The van der Waals surface area contributed by atoms with Gasteiger partial charge in [0.1, 0.15) is 5.69 Å². The maximum atomic E-state index is 11.2. The Balaban J connectivity index is 2.22. The molecule has 0 aliphatic carbocycles. The lowest BCUT2D eigenvalue weighted by Gasteiger charge is -2.23. The van der Waals surface area contributed by atoms with Gasteiger partial charge in [-0.05, 0) is 31.4 Å². The average Bonchev–Trinajstić information content (AvgIpc) is 2.90. The molecule has 0 amide bonds. The van der Waals surface area contributed by atoms with Crippen molar-refractivity contribution in [1.29, 1.82) is 0 Å². The largest absolute Gasteiger partial charge is 0.389 e. The van der Waals surface area contributed by atoms with Crippen molar-refractivity contribution >= 4 is 11.4 Å². The molecule has 110 valence electrons. The number of nitro benzene ring substituents is 1. The van der Waals surface area contributed by atoms with E-state index >= 15 is 0 Å². The molecule has 1 aromatic rings. The fraction of sp³-hybridized carbons (Fsp3) is 0.571. The Morgan fingerprint density at radius 1 is 1.60 bits per heavy atom. The summed E-state index contributed by atoms with van der Waals surface area (Å²) in [5, 5.41) is 20.7. The van der Waals surface area contributed by atoms with Gasteiger partial charge in [0.25, 0.3) is 5.69 Å². The van der Waals surface area contributed by atoms with Crippen LogP contribution in [0.5, 0.6) is 0 Å². The lowest BCUT2D eigenvalue weighted by molar-refractivity contribution is -0.384. The van der Waals surface area contributed by atoms with Crippen molar-refractivity contribution in [2.45, 2.75) is 32.0 Å². The summed E-state index contributed by atoms with van der Waals surface area (Å²) in [7, 11) is 1.83. The fourth-order valence-corrected chi connectivity index (χ4v) is 2.46. The first-order valence-electron chi connectivity index (χ1n) is 6.78. The summed E-state index contributed by atoms with van der Waals surface area (Å²) in [6, 6.07) is 4.85. The van der Waals surface area contributed by atoms with Gasteiger partial charge in [0.15, 0.2) is 0 Å². The number of nitro groups is 1. The number of likely N-dealkylation sites (N-methyl/N-ethyl adjacent to an activating group) is 1. The van der Waals surface area contributed by atoms with Crippen molar-refractivity contribution in [2.24, 2.45) is 0 Å². The number of aliphatic hydroxyl groups is 1. The zero-order chi connectivity index (χ0) is 14.7. The minimum Gasteiger partial charge on any atom is -0.389 e. The zero-order valence-electron chi connectivity index (χ0n) is 11.8. The summed E-state index contributed by atoms with van der Waals surface area (Å²) in [6.07, 6.45) is 1.45. The van der Waals surface area contributed by atoms with Crippen molar-refractivity contribution in [3.8, 4) is 0 Å². The molecule has 20 heavy (non-hydrogen) atoms. The zero-order valence-corrected chi connectivity index (χ0v) is 11.8. The van der Waals surface area contributed by atoms with E-state index in [1.165, 1.54) is 6.07 Å². The third-order valence-corrected chi connectivity index (χ3v) is 3.59. The summed E-state index contributed by atoms with van der Waals surface area (Å²) < 4.78 is 5.56. The molecule has 2 atom stereocenters. The second kappa shape index (κ2) is 6.19. The normalized spacial score (nSPS) is 19.9. The fourth-order valence-electron chi connectivity index (χ4n) is 2.46. The molecule has 0 aromatic heterocycles. The van der Waals surface area contributed by atoms with Gasteiger partial charge in [0.2, 0.25) is 0 Å². The van der Waals surface area contributed by atoms with Gasteiger partial charge in [-0.3, -0.25) is 10.1 Å². The summed E-state index contributed by atoms with van der Waals surface area (Å²) in [5.41, 5.74) is 1.12. The highest BCUT2D eigenvalue weighted by atomic mass is 16.6. The molecule has 1 fully saturated rings. The quantitative estimate of drug-likeness (QED) is 0.661. The summed E-state index contributed by atoms with van der Waals surface area (Å²) in [5.74, 6) is 0. The third kappa shape index (κ3) is 3.26. The molecule has 0 bridgehead atoms. The molecule has 1 unspecified atom stereocenters. The highest BCUT2D eigenvalue weighted by Crippen LogP contribution is 2.31. The standard InChI is InChI=1S/C14H20N2O4/c1-10(17)11-5-6-13(14(8-11)16(18)19)15(2)9-12-4-3-7-20-12/h5-6,8,10,12,17H,3-4,7,9H2,1-2H3/t10-,12?/m1/s1. The highest BCUT2D eigenvalue weighted by Gasteiger charge is 2.23. The minimum atomic E-state index is -0.716. The van der Waals surface area contributed by atoms with E-state index in [9.17, 15) is 15.2 Å². The first-order valence-corrected chi connectivity index (χ1v) is 6.78. The van der Waals surface area contributed by atoms with E-state index in [0.29, 0.717) is 17.8 Å². The molecule has 1 aliphatic rings. The number of rotatable bonds is 5. The second-order valence-electron chi connectivity index (χ2n) is 5.20. The van der Waals surface area contributed by atoms with E-state index in [2.05, 4.69) is 0 Å². The lowest BCUT2D eigenvalue weighted by Crippen LogP contribution is -2.29. The molecule has 6 heteroatoms. The van der Waals surface area contributed by atoms with Crippen LogP contribution in [0.2, 0.25) is 0 Å². The molecule has 1 saturated heterocycles. The molecule has 1 aromatic carbocycles. The van der Waals surface area contributed by atoms with E-state index in [4.69, 9.17) is 4.74 Å². The molecule has 1 heterocycles. The van der Waals surface area contributed by atoms with Crippen LogP contribution in [0.4, 0.5) is 11.4 Å². The van der Waals surface area contributed by atoms with E-state index in [1.807, 2.05) is 11.9 Å². The monoisotopic (exact) mass is 280 g/mol. The van der Waals surface area contributed by atoms with Gasteiger partial charge in [-0.15, -0.1) is 0 Å². The predicted octanol–water partition coefficient (Wildman–Crippen LogP) is 2.26.